The molecule has 1 atom stereocenters. The fourth-order valence-corrected chi connectivity index (χ4v) is 2.54. The molecule has 19 heavy (non-hydrogen) atoms. The van der Waals surface area contributed by atoms with E-state index in [0.29, 0.717) is 6.61 Å². The molecule has 98 valence electrons. The number of aromatic nitrogens is 1. The molecule has 0 unspecified atom stereocenters. The maximum absolute atomic E-state index is 9.75. The van der Waals surface area contributed by atoms with E-state index in [-0.39, 0.29) is 6.10 Å². The molecular formula is C15H14BrNO2. The number of ether oxygens (including phenoxy) is 1. The SMILES string of the molecule is O[C@H]1CCc2cc(OCc3ccc(Br)cn3)ccc21. The molecule has 1 aliphatic rings. The summed E-state index contributed by atoms with van der Waals surface area (Å²) in [7, 11) is 0. The number of hydrogen-bond acceptors (Lipinski definition) is 3. The van der Waals surface area contributed by atoms with Gasteiger partial charge in [-0.25, -0.2) is 0 Å². The molecule has 0 radical (unpaired) electrons. The highest BCUT2D eigenvalue weighted by atomic mass is 79.9. The second kappa shape index (κ2) is 5.31. The second-order valence-electron chi connectivity index (χ2n) is 4.67. The Balaban J connectivity index is 1.69. The smallest absolute Gasteiger partial charge is 0.130 e. The van der Waals surface area contributed by atoms with Gasteiger partial charge in [-0.3, -0.25) is 4.98 Å². The highest BCUT2D eigenvalue weighted by Gasteiger charge is 2.20. The van der Waals surface area contributed by atoms with Crippen molar-refractivity contribution in [1.82, 2.24) is 4.98 Å². The lowest BCUT2D eigenvalue weighted by atomic mass is 10.1. The van der Waals surface area contributed by atoms with Crippen LogP contribution in [0.2, 0.25) is 0 Å². The molecule has 1 N–H and O–H groups in total. The van der Waals surface area contributed by atoms with Crippen molar-refractivity contribution in [1.29, 1.82) is 0 Å². The van der Waals surface area contributed by atoms with Crippen LogP contribution in [0.25, 0.3) is 0 Å². The molecule has 0 amide bonds. The predicted molar refractivity (Wildman–Crippen MR) is 76.0 cm³/mol. The lowest BCUT2D eigenvalue weighted by Crippen LogP contribution is -1.98. The molecule has 1 aromatic heterocycles. The maximum Gasteiger partial charge on any atom is 0.130 e. The molecule has 0 saturated carbocycles. The number of aliphatic hydroxyl groups is 1. The highest BCUT2D eigenvalue weighted by Crippen LogP contribution is 2.33. The number of pyridine rings is 1. The van der Waals surface area contributed by atoms with Crippen molar-refractivity contribution in [2.24, 2.45) is 0 Å². The minimum Gasteiger partial charge on any atom is -0.487 e. The monoisotopic (exact) mass is 319 g/mol. The van der Waals surface area contributed by atoms with Gasteiger partial charge in [0.15, 0.2) is 0 Å². The molecule has 0 bridgehead atoms. The highest BCUT2D eigenvalue weighted by molar-refractivity contribution is 9.10. The van der Waals surface area contributed by atoms with Crippen molar-refractivity contribution < 1.29 is 9.84 Å². The summed E-state index contributed by atoms with van der Waals surface area (Å²) in [5.41, 5.74) is 3.12. The zero-order valence-corrected chi connectivity index (χ0v) is 11.9. The van der Waals surface area contributed by atoms with Crippen molar-refractivity contribution in [3.05, 3.63) is 57.8 Å². The van der Waals surface area contributed by atoms with Gasteiger partial charge >= 0.3 is 0 Å². The van der Waals surface area contributed by atoms with Crippen molar-refractivity contribution >= 4 is 15.9 Å². The topological polar surface area (TPSA) is 42.4 Å². The molecule has 0 aliphatic heterocycles. The molecule has 1 aromatic carbocycles. The predicted octanol–water partition coefficient (Wildman–Crippen LogP) is 3.40. The standard InChI is InChI=1S/C15H14BrNO2/c16-11-2-3-12(17-8-11)9-19-13-4-5-14-10(7-13)1-6-15(14)18/h2-5,7-8,15,18H,1,6,9H2/t15-/m0/s1. The second-order valence-corrected chi connectivity index (χ2v) is 5.59. The van der Waals surface area contributed by atoms with Crippen molar-refractivity contribution in [2.45, 2.75) is 25.6 Å². The van der Waals surface area contributed by atoms with Crippen LogP contribution in [-0.4, -0.2) is 10.1 Å². The van der Waals surface area contributed by atoms with E-state index in [9.17, 15) is 5.11 Å². The lowest BCUT2D eigenvalue weighted by Gasteiger charge is -2.08. The van der Waals surface area contributed by atoms with Crippen molar-refractivity contribution in [3.63, 3.8) is 0 Å². The Bertz CT molecular complexity index is 583. The third kappa shape index (κ3) is 2.80. The Kier molecular flexibility index (Phi) is 3.53. The van der Waals surface area contributed by atoms with Gasteiger partial charge in [-0.05, 0) is 64.2 Å². The van der Waals surface area contributed by atoms with E-state index in [0.717, 1.165) is 34.3 Å². The van der Waals surface area contributed by atoms with Gasteiger partial charge in [0.25, 0.3) is 0 Å². The first kappa shape index (κ1) is 12.6. The van der Waals surface area contributed by atoms with Gasteiger partial charge < -0.3 is 9.84 Å². The van der Waals surface area contributed by atoms with Crippen LogP contribution in [0.1, 0.15) is 29.3 Å². The molecule has 1 aliphatic carbocycles. The average molecular weight is 320 g/mol. The quantitative estimate of drug-likeness (QED) is 0.942. The van der Waals surface area contributed by atoms with Gasteiger partial charge in [-0.15, -0.1) is 0 Å². The molecule has 2 aromatic rings. The largest absolute Gasteiger partial charge is 0.487 e. The summed E-state index contributed by atoms with van der Waals surface area (Å²) in [6.45, 7) is 0.453. The van der Waals surface area contributed by atoms with Crippen LogP contribution >= 0.6 is 15.9 Å². The Morgan fingerprint density at radius 1 is 1.32 bits per heavy atom. The maximum atomic E-state index is 9.75. The first-order valence-corrected chi connectivity index (χ1v) is 7.06. The average Bonchev–Trinajstić information content (AvgIpc) is 2.79. The van der Waals surface area contributed by atoms with Crippen molar-refractivity contribution in [3.8, 4) is 5.75 Å². The molecule has 4 heteroatoms. The third-order valence-electron chi connectivity index (χ3n) is 3.34. The summed E-state index contributed by atoms with van der Waals surface area (Å²) in [5.74, 6) is 0.831. The van der Waals surface area contributed by atoms with Gasteiger partial charge in [0.2, 0.25) is 0 Å². The fourth-order valence-electron chi connectivity index (χ4n) is 2.31. The van der Waals surface area contributed by atoms with Crippen LogP contribution in [0.15, 0.2) is 41.0 Å². The molecule has 0 spiro atoms. The van der Waals surface area contributed by atoms with Gasteiger partial charge in [-0.1, -0.05) is 6.07 Å². The molecule has 1 heterocycles. The van der Waals surface area contributed by atoms with Crippen LogP contribution in [0.3, 0.4) is 0 Å². The fraction of sp³-hybridized carbons (Fsp3) is 0.267. The van der Waals surface area contributed by atoms with Gasteiger partial charge in [0.05, 0.1) is 11.8 Å². The zero-order valence-electron chi connectivity index (χ0n) is 10.3. The Labute approximate surface area is 120 Å². The number of aliphatic hydroxyl groups excluding tert-OH is 1. The molecule has 0 saturated heterocycles. The summed E-state index contributed by atoms with van der Waals surface area (Å²) >= 11 is 3.35. The van der Waals surface area contributed by atoms with E-state index >= 15 is 0 Å². The number of aryl methyl sites for hydroxylation is 1. The normalized spacial score (nSPS) is 17.3. The van der Waals surface area contributed by atoms with E-state index in [4.69, 9.17) is 4.74 Å². The minimum absolute atomic E-state index is 0.308. The van der Waals surface area contributed by atoms with Gasteiger partial charge in [-0.2, -0.15) is 0 Å². The summed E-state index contributed by atoms with van der Waals surface area (Å²) in [6, 6.07) is 9.76. The number of halogens is 1. The van der Waals surface area contributed by atoms with Crippen LogP contribution < -0.4 is 4.74 Å². The first-order chi connectivity index (χ1) is 9.22. The number of hydrogen-bond donors (Lipinski definition) is 1. The summed E-state index contributed by atoms with van der Waals surface area (Å²) < 4.78 is 6.69. The van der Waals surface area contributed by atoms with Crippen LogP contribution in [0.4, 0.5) is 0 Å². The number of nitrogens with zero attached hydrogens (tertiary/aromatic N) is 1. The van der Waals surface area contributed by atoms with E-state index in [1.807, 2.05) is 30.3 Å². The zero-order chi connectivity index (χ0) is 13.2. The Morgan fingerprint density at radius 2 is 2.21 bits per heavy atom. The Hall–Kier alpha value is -1.39. The van der Waals surface area contributed by atoms with Gasteiger partial charge in [0, 0.05) is 10.7 Å². The minimum atomic E-state index is -0.308. The summed E-state index contributed by atoms with van der Waals surface area (Å²) in [4.78, 5) is 4.27. The first-order valence-electron chi connectivity index (χ1n) is 6.26. The van der Waals surface area contributed by atoms with Crippen molar-refractivity contribution in [2.75, 3.05) is 0 Å². The van der Waals surface area contributed by atoms with Gasteiger partial charge in [0.1, 0.15) is 12.4 Å². The molecule has 3 rings (SSSR count). The summed E-state index contributed by atoms with van der Waals surface area (Å²) in [6.07, 6.45) is 3.19. The van der Waals surface area contributed by atoms with Crippen LogP contribution in [0, 0.1) is 0 Å². The van der Waals surface area contributed by atoms with Crippen LogP contribution in [0.5, 0.6) is 5.75 Å². The Morgan fingerprint density at radius 3 is 3.00 bits per heavy atom. The number of benzene rings is 1. The molecular weight excluding hydrogens is 306 g/mol. The number of rotatable bonds is 3. The van der Waals surface area contributed by atoms with E-state index < -0.39 is 0 Å². The molecule has 0 fully saturated rings. The number of fused-ring (bicyclic) bond motifs is 1. The lowest BCUT2D eigenvalue weighted by molar-refractivity contribution is 0.180. The van der Waals surface area contributed by atoms with E-state index in [1.54, 1.807) is 6.20 Å². The van der Waals surface area contributed by atoms with E-state index in [2.05, 4.69) is 20.9 Å². The van der Waals surface area contributed by atoms with Crippen LogP contribution in [-0.2, 0) is 13.0 Å². The summed E-state index contributed by atoms with van der Waals surface area (Å²) in [5, 5.41) is 9.75. The third-order valence-corrected chi connectivity index (χ3v) is 3.80. The van der Waals surface area contributed by atoms with E-state index in [1.165, 1.54) is 5.56 Å². The molecule has 3 nitrogen and oxygen atoms in total.